The van der Waals surface area contributed by atoms with Gasteiger partial charge in [0.15, 0.2) is 0 Å². The number of imidazole rings is 1. The zero-order valence-electron chi connectivity index (χ0n) is 15.0. The molecule has 26 heavy (non-hydrogen) atoms. The first-order valence-corrected chi connectivity index (χ1v) is 10.5. The molecule has 1 fully saturated rings. The van der Waals surface area contributed by atoms with E-state index >= 15 is 0 Å². The number of nitrogens with one attached hydrogen (secondary N) is 1. The molecule has 1 aromatic heterocycles. The van der Waals surface area contributed by atoms with Crippen molar-refractivity contribution in [2.75, 3.05) is 11.5 Å². The molecule has 4 heteroatoms. The molecule has 0 bridgehead atoms. The van der Waals surface area contributed by atoms with Crippen molar-refractivity contribution < 1.29 is 0 Å². The molecular weight excluding hydrogens is 338 g/mol. The zero-order chi connectivity index (χ0) is 17.6. The topological polar surface area (TPSA) is 29.9 Å². The zero-order valence-corrected chi connectivity index (χ0v) is 15.8. The molecule has 0 amide bonds. The molecule has 1 aliphatic rings. The molecule has 4 rings (SSSR count). The van der Waals surface area contributed by atoms with E-state index in [1.807, 2.05) is 18.7 Å². The normalized spacial score (nSPS) is 15.2. The SMILES string of the molecule is c1ccc(-c2ccc(Cn3ccnc3)cc2)c(CNC2CCSCC2)c1. The molecule has 3 nitrogen and oxygen atoms in total. The Kier molecular flexibility index (Phi) is 5.72. The Balaban J connectivity index is 1.46. The van der Waals surface area contributed by atoms with Crippen LogP contribution in [0.25, 0.3) is 11.1 Å². The van der Waals surface area contributed by atoms with Crippen molar-refractivity contribution >= 4 is 11.8 Å². The number of benzene rings is 2. The van der Waals surface area contributed by atoms with Gasteiger partial charge >= 0.3 is 0 Å². The smallest absolute Gasteiger partial charge is 0.0949 e. The number of aromatic nitrogens is 2. The predicted octanol–water partition coefficient (Wildman–Crippen LogP) is 4.58. The van der Waals surface area contributed by atoms with Gasteiger partial charge in [-0.2, -0.15) is 11.8 Å². The monoisotopic (exact) mass is 363 g/mol. The van der Waals surface area contributed by atoms with Crippen molar-refractivity contribution in [3.05, 3.63) is 78.4 Å². The number of hydrogen-bond donors (Lipinski definition) is 1. The number of rotatable bonds is 6. The second-order valence-corrected chi connectivity index (χ2v) is 8.08. The second-order valence-electron chi connectivity index (χ2n) is 6.86. The Bertz CT molecular complexity index is 806. The average Bonchev–Trinajstić information content (AvgIpc) is 3.21. The Morgan fingerprint density at radius 1 is 1.04 bits per heavy atom. The Morgan fingerprint density at radius 3 is 2.62 bits per heavy atom. The largest absolute Gasteiger partial charge is 0.333 e. The van der Waals surface area contributed by atoms with Gasteiger partial charge in [-0.25, -0.2) is 4.98 Å². The summed E-state index contributed by atoms with van der Waals surface area (Å²) in [6.45, 7) is 1.81. The molecule has 0 unspecified atom stereocenters. The standard InChI is InChI=1S/C22H25N3S/c1-2-4-22(20(3-1)15-24-21-9-13-26-14-10-21)19-7-5-18(6-8-19)16-25-12-11-23-17-25/h1-8,11-12,17,21,24H,9-10,13-16H2. The van der Waals surface area contributed by atoms with Crippen molar-refractivity contribution in [2.24, 2.45) is 0 Å². The van der Waals surface area contributed by atoms with Crippen molar-refractivity contribution in [3.8, 4) is 11.1 Å². The molecule has 0 spiro atoms. The van der Waals surface area contributed by atoms with E-state index in [1.54, 1.807) is 0 Å². The Morgan fingerprint density at radius 2 is 1.85 bits per heavy atom. The van der Waals surface area contributed by atoms with E-state index in [0.29, 0.717) is 6.04 Å². The summed E-state index contributed by atoms with van der Waals surface area (Å²) < 4.78 is 2.09. The Labute approximate surface area is 159 Å². The molecule has 0 atom stereocenters. The summed E-state index contributed by atoms with van der Waals surface area (Å²) >= 11 is 2.08. The fraction of sp³-hybridized carbons (Fsp3) is 0.318. The van der Waals surface area contributed by atoms with Gasteiger partial charge in [-0.3, -0.25) is 0 Å². The van der Waals surface area contributed by atoms with Gasteiger partial charge in [-0.15, -0.1) is 0 Å². The summed E-state index contributed by atoms with van der Waals surface area (Å²) in [5.41, 5.74) is 5.30. The van der Waals surface area contributed by atoms with Crippen molar-refractivity contribution in [2.45, 2.75) is 32.0 Å². The van der Waals surface area contributed by atoms with E-state index in [1.165, 1.54) is 46.6 Å². The van der Waals surface area contributed by atoms with E-state index in [0.717, 1.165) is 13.1 Å². The van der Waals surface area contributed by atoms with Gasteiger partial charge in [-0.05, 0) is 46.6 Å². The number of thioether (sulfide) groups is 1. The first-order chi connectivity index (χ1) is 12.9. The first-order valence-electron chi connectivity index (χ1n) is 9.32. The summed E-state index contributed by atoms with van der Waals surface area (Å²) in [6, 6.07) is 18.3. The third-order valence-corrected chi connectivity index (χ3v) is 6.06. The van der Waals surface area contributed by atoms with Gasteiger partial charge in [0.2, 0.25) is 0 Å². The van der Waals surface area contributed by atoms with Crippen LogP contribution in [0.4, 0.5) is 0 Å². The summed E-state index contributed by atoms with van der Waals surface area (Å²) in [6.07, 6.45) is 8.26. The van der Waals surface area contributed by atoms with Crippen molar-refractivity contribution in [3.63, 3.8) is 0 Å². The molecule has 0 aliphatic carbocycles. The molecule has 1 aliphatic heterocycles. The van der Waals surface area contributed by atoms with Gasteiger partial charge in [0, 0.05) is 31.5 Å². The summed E-state index contributed by atoms with van der Waals surface area (Å²) in [5.74, 6) is 2.58. The summed E-state index contributed by atoms with van der Waals surface area (Å²) in [7, 11) is 0. The van der Waals surface area contributed by atoms with Crippen LogP contribution in [0.5, 0.6) is 0 Å². The average molecular weight is 364 g/mol. The third-order valence-electron chi connectivity index (χ3n) is 5.01. The molecule has 2 aromatic carbocycles. The maximum absolute atomic E-state index is 4.11. The lowest BCUT2D eigenvalue weighted by Crippen LogP contribution is -2.32. The van der Waals surface area contributed by atoms with Crippen LogP contribution in [0.2, 0.25) is 0 Å². The summed E-state index contributed by atoms with van der Waals surface area (Å²) in [4.78, 5) is 4.11. The fourth-order valence-electron chi connectivity index (χ4n) is 3.49. The fourth-order valence-corrected chi connectivity index (χ4v) is 4.60. The molecule has 0 saturated carbocycles. The first kappa shape index (κ1) is 17.4. The highest BCUT2D eigenvalue weighted by atomic mass is 32.2. The van der Waals surface area contributed by atoms with Crippen molar-refractivity contribution in [1.82, 2.24) is 14.9 Å². The molecule has 1 saturated heterocycles. The lowest BCUT2D eigenvalue weighted by molar-refractivity contribution is 0.482. The Hall–Kier alpha value is -2.04. The molecule has 134 valence electrons. The quantitative estimate of drug-likeness (QED) is 0.695. The lowest BCUT2D eigenvalue weighted by atomic mass is 9.98. The van der Waals surface area contributed by atoms with Crippen LogP contribution in [-0.2, 0) is 13.1 Å². The highest BCUT2D eigenvalue weighted by Gasteiger charge is 2.13. The van der Waals surface area contributed by atoms with Crippen molar-refractivity contribution in [1.29, 1.82) is 0 Å². The van der Waals surface area contributed by atoms with Gasteiger partial charge < -0.3 is 9.88 Å². The van der Waals surface area contributed by atoms with E-state index in [2.05, 4.69) is 75.2 Å². The molecule has 1 N–H and O–H groups in total. The van der Waals surface area contributed by atoms with E-state index in [4.69, 9.17) is 0 Å². The van der Waals surface area contributed by atoms with Gasteiger partial charge in [0.25, 0.3) is 0 Å². The van der Waals surface area contributed by atoms with Crippen LogP contribution in [0.3, 0.4) is 0 Å². The molecule has 3 aromatic rings. The molecular formula is C22H25N3S. The lowest BCUT2D eigenvalue weighted by Gasteiger charge is -2.23. The minimum Gasteiger partial charge on any atom is -0.333 e. The van der Waals surface area contributed by atoms with Crippen LogP contribution in [0.1, 0.15) is 24.0 Å². The van der Waals surface area contributed by atoms with E-state index in [9.17, 15) is 0 Å². The highest BCUT2D eigenvalue weighted by molar-refractivity contribution is 7.99. The summed E-state index contributed by atoms with van der Waals surface area (Å²) in [5, 5.41) is 3.77. The van der Waals surface area contributed by atoms with Crippen LogP contribution in [0, 0.1) is 0 Å². The van der Waals surface area contributed by atoms with Crippen LogP contribution >= 0.6 is 11.8 Å². The minimum atomic E-state index is 0.668. The molecule has 2 heterocycles. The third kappa shape index (κ3) is 4.37. The number of hydrogen-bond acceptors (Lipinski definition) is 3. The van der Waals surface area contributed by atoms with Gasteiger partial charge in [0.05, 0.1) is 6.33 Å². The second kappa shape index (κ2) is 8.56. The van der Waals surface area contributed by atoms with E-state index < -0.39 is 0 Å². The van der Waals surface area contributed by atoms with Crippen LogP contribution in [-0.4, -0.2) is 27.1 Å². The van der Waals surface area contributed by atoms with E-state index in [-0.39, 0.29) is 0 Å². The minimum absolute atomic E-state index is 0.668. The molecule has 0 radical (unpaired) electrons. The highest BCUT2D eigenvalue weighted by Crippen LogP contribution is 2.25. The van der Waals surface area contributed by atoms with Gasteiger partial charge in [0.1, 0.15) is 0 Å². The van der Waals surface area contributed by atoms with Crippen LogP contribution in [0.15, 0.2) is 67.3 Å². The predicted molar refractivity (Wildman–Crippen MR) is 110 cm³/mol. The van der Waals surface area contributed by atoms with Gasteiger partial charge in [-0.1, -0.05) is 48.5 Å². The van der Waals surface area contributed by atoms with Crippen LogP contribution < -0.4 is 5.32 Å². The maximum atomic E-state index is 4.11. The maximum Gasteiger partial charge on any atom is 0.0949 e. The number of nitrogens with zero attached hydrogens (tertiary/aromatic N) is 2.